The van der Waals surface area contributed by atoms with Crippen molar-refractivity contribution in [3.05, 3.63) is 11.5 Å². The molecule has 0 radical (unpaired) electrons. The molecule has 0 unspecified atom stereocenters. The summed E-state index contributed by atoms with van der Waals surface area (Å²) in [6.45, 7) is 7.75. The number of nitrogen functional groups attached to an aromatic ring is 1. The maximum atomic E-state index is 12.0. The predicted molar refractivity (Wildman–Crippen MR) is 90.5 cm³/mol. The smallest absolute Gasteiger partial charge is 0.410 e. The van der Waals surface area contributed by atoms with Crippen LogP contribution in [0.5, 0.6) is 0 Å². The molecule has 0 bridgehead atoms. The highest BCUT2D eigenvalue weighted by Crippen LogP contribution is 2.24. The average molecular weight is 342 g/mol. The zero-order valence-corrected chi connectivity index (χ0v) is 14.6. The first kappa shape index (κ1) is 17.6. The van der Waals surface area contributed by atoms with Crippen LogP contribution in [0.2, 0.25) is 5.15 Å². The van der Waals surface area contributed by atoms with Crippen molar-refractivity contribution in [3.63, 3.8) is 0 Å². The number of amides is 1. The molecule has 1 aromatic rings. The zero-order valence-electron chi connectivity index (χ0n) is 13.8. The molecule has 128 valence electrons. The second-order valence-electron chi connectivity index (χ2n) is 6.72. The third-order valence-electron chi connectivity index (χ3n) is 3.66. The van der Waals surface area contributed by atoms with Gasteiger partial charge in [0, 0.05) is 19.6 Å². The van der Waals surface area contributed by atoms with Gasteiger partial charge in [0.05, 0.1) is 0 Å². The molecule has 2 rings (SSSR count). The molecule has 0 aliphatic carbocycles. The van der Waals surface area contributed by atoms with Crippen molar-refractivity contribution in [1.29, 1.82) is 0 Å². The van der Waals surface area contributed by atoms with Crippen LogP contribution in [0.4, 0.5) is 16.3 Å². The van der Waals surface area contributed by atoms with Gasteiger partial charge in [-0.1, -0.05) is 11.6 Å². The van der Waals surface area contributed by atoms with E-state index < -0.39 is 5.60 Å². The monoisotopic (exact) mass is 341 g/mol. The first-order chi connectivity index (χ1) is 10.8. The van der Waals surface area contributed by atoms with Gasteiger partial charge in [-0.15, -0.1) is 0 Å². The van der Waals surface area contributed by atoms with Gasteiger partial charge < -0.3 is 20.7 Å². The van der Waals surface area contributed by atoms with Crippen molar-refractivity contribution < 1.29 is 9.53 Å². The van der Waals surface area contributed by atoms with E-state index in [1.165, 1.54) is 6.33 Å². The van der Waals surface area contributed by atoms with Gasteiger partial charge in [0.2, 0.25) is 0 Å². The fraction of sp³-hybridized carbons (Fsp3) is 0.667. The third kappa shape index (κ3) is 5.13. The largest absolute Gasteiger partial charge is 0.444 e. The fourth-order valence-electron chi connectivity index (χ4n) is 2.40. The molecular formula is C15H24ClN5O2. The van der Waals surface area contributed by atoms with E-state index in [9.17, 15) is 4.79 Å². The number of piperidine rings is 1. The molecule has 1 amide bonds. The fourth-order valence-corrected chi connectivity index (χ4v) is 2.54. The maximum Gasteiger partial charge on any atom is 0.410 e. The average Bonchev–Trinajstić information content (AvgIpc) is 2.47. The lowest BCUT2D eigenvalue weighted by Crippen LogP contribution is -2.42. The van der Waals surface area contributed by atoms with Crippen LogP contribution in [0.15, 0.2) is 6.33 Å². The van der Waals surface area contributed by atoms with Gasteiger partial charge in [0.15, 0.2) is 11.0 Å². The first-order valence-corrected chi connectivity index (χ1v) is 8.12. The van der Waals surface area contributed by atoms with Crippen molar-refractivity contribution in [1.82, 2.24) is 14.9 Å². The van der Waals surface area contributed by atoms with Gasteiger partial charge in [-0.25, -0.2) is 14.8 Å². The summed E-state index contributed by atoms with van der Waals surface area (Å²) in [5.41, 5.74) is 5.73. The predicted octanol–water partition coefficient (Wildman–Crippen LogP) is 2.77. The number of nitrogens with one attached hydrogen (secondary N) is 1. The standard InChI is InChI=1S/C15H24ClN5O2/c1-15(2,3)23-14(22)21-6-4-10(5-7-21)8-18-13-11(17)12(16)19-9-20-13/h9-10H,4-8,17H2,1-3H3,(H,18,19,20). The van der Waals surface area contributed by atoms with Crippen LogP contribution in [0, 0.1) is 5.92 Å². The lowest BCUT2D eigenvalue weighted by atomic mass is 9.97. The highest BCUT2D eigenvalue weighted by Gasteiger charge is 2.26. The molecule has 1 aromatic heterocycles. The number of ether oxygens (including phenoxy) is 1. The topological polar surface area (TPSA) is 93.4 Å². The van der Waals surface area contributed by atoms with Crippen LogP contribution >= 0.6 is 11.6 Å². The highest BCUT2D eigenvalue weighted by molar-refractivity contribution is 6.32. The Hall–Kier alpha value is -1.76. The minimum absolute atomic E-state index is 0.240. The quantitative estimate of drug-likeness (QED) is 0.821. The summed E-state index contributed by atoms with van der Waals surface area (Å²) in [6.07, 6.45) is 2.96. The van der Waals surface area contributed by atoms with Crippen LogP contribution in [-0.2, 0) is 4.74 Å². The zero-order chi connectivity index (χ0) is 17.0. The molecule has 7 nitrogen and oxygen atoms in total. The summed E-state index contributed by atoms with van der Waals surface area (Å²) in [6, 6.07) is 0. The Balaban J connectivity index is 1.79. The molecule has 23 heavy (non-hydrogen) atoms. The third-order valence-corrected chi connectivity index (χ3v) is 3.96. The number of hydrogen-bond donors (Lipinski definition) is 2. The Bertz CT molecular complexity index is 553. The molecule has 0 spiro atoms. The number of likely N-dealkylation sites (tertiary alicyclic amines) is 1. The van der Waals surface area contributed by atoms with E-state index in [2.05, 4.69) is 15.3 Å². The Kier molecular flexibility index (Phi) is 5.51. The Morgan fingerprint density at radius 3 is 2.70 bits per heavy atom. The number of nitrogens with zero attached hydrogens (tertiary/aromatic N) is 3. The van der Waals surface area contributed by atoms with Gasteiger partial charge in [0.25, 0.3) is 0 Å². The van der Waals surface area contributed by atoms with Crippen LogP contribution in [0.3, 0.4) is 0 Å². The lowest BCUT2D eigenvalue weighted by Gasteiger charge is -2.33. The molecule has 0 aromatic carbocycles. The van der Waals surface area contributed by atoms with Crippen LogP contribution in [0.25, 0.3) is 0 Å². The summed E-state index contributed by atoms with van der Waals surface area (Å²) >= 11 is 5.87. The van der Waals surface area contributed by atoms with Crippen molar-refractivity contribution in [3.8, 4) is 0 Å². The number of anilines is 2. The van der Waals surface area contributed by atoms with E-state index in [4.69, 9.17) is 22.1 Å². The summed E-state index contributed by atoms with van der Waals surface area (Å²) < 4.78 is 5.39. The van der Waals surface area contributed by atoms with Crippen LogP contribution in [0.1, 0.15) is 33.6 Å². The minimum atomic E-state index is -0.459. The van der Waals surface area contributed by atoms with Crippen molar-refractivity contribution in [2.24, 2.45) is 5.92 Å². The Labute approximate surface area is 141 Å². The van der Waals surface area contributed by atoms with E-state index in [1.54, 1.807) is 4.90 Å². The molecular weight excluding hydrogens is 318 g/mol. The highest BCUT2D eigenvalue weighted by atomic mass is 35.5. The summed E-state index contributed by atoms with van der Waals surface area (Å²) in [4.78, 5) is 21.7. The molecule has 1 saturated heterocycles. The van der Waals surface area contributed by atoms with Crippen molar-refractivity contribution in [2.45, 2.75) is 39.2 Å². The molecule has 3 N–H and O–H groups in total. The Morgan fingerprint density at radius 2 is 2.09 bits per heavy atom. The van der Waals surface area contributed by atoms with Crippen molar-refractivity contribution >= 4 is 29.2 Å². The van der Waals surface area contributed by atoms with E-state index in [0.29, 0.717) is 30.5 Å². The summed E-state index contributed by atoms with van der Waals surface area (Å²) in [7, 11) is 0. The number of hydrogen-bond acceptors (Lipinski definition) is 6. The number of aromatic nitrogens is 2. The van der Waals surface area contributed by atoms with Crippen molar-refractivity contribution in [2.75, 3.05) is 30.7 Å². The van der Waals surface area contributed by atoms with Gasteiger partial charge in [-0.05, 0) is 39.5 Å². The normalized spacial score (nSPS) is 16.3. The number of nitrogens with two attached hydrogens (primary N) is 1. The van der Waals surface area contributed by atoms with Gasteiger partial charge in [-0.2, -0.15) is 0 Å². The van der Waals surface area contributed by atoms with Gasteiger partial charge in [0.1, 0.15) is 17.6 Å². The van der Waals surface area contributed by atoms with E-state index in [-0.39, 0.29) is 11.2 Å². The van der Waals surface area contributed by atoms with Crippen LogP contribution in [-0.4, -0.2) is 46.2 Å². The molecule has 1 aliphatic heterocycles. The van der Waals surface area contributed by atoms with E-state index >= 15 is 0 Å². The molecule has 0 saturated carbocycles. The van der Waals surface area contributed by atoms with E-state index in [1.807, 2.05) is 20.8 Å². The molecule has 1 fully saturated rings. The summed E-state index contributed by atoms with van der Waals surface area (Å²) in [5.74, 6) is 1.00. The SMILES string of the molecule is CC(C)(C)OC(=O)N1CCC(CNc2ncnc(Cl)c2N)CC1. The van der Waals surface area contributed by atoms with Gasteiger partial charge in [-0.3, -0.25) is 0 Å². The van der Waals surface area contributed by atoms with Crippen LogP contribution < -0.4 is 11.1 Å². The second kappa shape index (κ2) is 7.21. The molecule has 8 heteroatoms. The second-order valence-corrected chi connectivity index (χ2v) is 7.08. The van der Waals surface area contributed by atoms with E-state index in [0.717, 1.165) is 19.4 Å². The number of halogens is 1. The summed E-state index contributed by atoms with van der Waals surface area (Å²) in [5, 5.41) is 3.46. The molecule has 1 aliphatic rings. The first-order valence-electron chi connectivity index (χ1n) is 7.74. The maximum absolute atomic E-state index is 12.0. The Morgan fingerprint density at radius 1 is 1.43 bits per heavy atom. The molecule has 2 heterocycles. The number of carbonyl (C=O) groups excluding carboxylic acids is 1. The molecule has 0 atom stereocenters. The van der Waals surface area contributed by atoms with Gasteiger partial charge >= 0.3 is 6.09 Å². The lowest BCUT2D eigenvalue weighted by molar-refractivity contribution is 0.0188. The number of carbonyl (C=O) groups is 1. The number of rotatable bonds is 3. The minimum Gasteiger partial charge on any atom is -0.444 e.